The Morgan fingerprint density at radius 2 is 1.64 bits per heavy atom. The van der Waals surface area contributed by atoms with Crippen molar-refractivity contribution in [2.24, 2.45) is 0 Å². The summed E-state index contributed by atoms with van der Waals surface area (Å²) in [5, 5.41) is 2.01. The molecule has 0 N–H and O–H groups in total. The first-order valence-corrected chi connectivity index (χ1v) is 8.41. The van der Waals surface area contributed by atoms with Crippen molar-refractivity contribution in [3.05, 3.63) is 70.3 Å². The number of benzene rings is 2. The van der Waals surface area contributed by atoms with Gasteiger partial charge in [-0.15, -0.1) is 0 Å². The van der Waals surface area contributed by atoms with Crippen LogP contribution in [0, 0.1) is 6.92 Å². The average molecular weight is 332 g/mol. The summed E-state index contributed by atoms with van der Waals surface area (Å²) >= 11 is 0. The second-order valence-corrected chi connectivity index (χ2v) is 7.50. The molecule has 2 aromatic carbocycles. The minimum Gasteiger partial charge on any atom is -0.464 e. The van der Waals surface area contributed by atoms with Gasteiger partial charge in [-0.3, -0.25) is 0 Å². The lowest BCUT2D eigenvalue weighted by Crippen LogP contribution is -2.10. The number of hydrogen-bond acceptors (Lipinski definition) is 3. The van der Waals surface area contributed by atoms with Gasteiger partial charge in [-0.2, -0.15) is 0 Å². The fourth-order valence-electron chi connectivity index (χ4n) is 3.41. The highest BCUT2D eigenvalue weighted by molar-refractivity contribution is 6.04. The molecule has 0 fully saturated rings. The Bertz CT molecular complexity index is 1140. The maximum atomic E-state index is 12.1. The number of aryl methyl sites for hydroxylation is 1. The fourth-order valence-corrected chi connectivity index (χ4v) is 3.41. The number of hydrogen-bond donors (Lipinski definition) is 0. The minimum absolute atomic E-state index is 0.0338. The molecule has 3 heteroatoms. The molecular formula is C22H20O3. The van der Waals surface area contributed by atoms with Gasteiger partial charge in [0.15, 0.2) is 0 Å². The van der Waals surface area contributed by atoms with Gasteiger partial charge in [0.25, 0.3) is 0 Å². The molecule has 0 unspecified atom stereocenters. The van der Waals surface area contributed by atoms with E-state index in [9.17, 15) is 4.79 Å². The summed E-state index contributed by atoms with van der Waals surface area (Å²) in [6.07, 6.45) is 1.82. The summed E-state index contributed by atoms with van der Waals surface area (Å²) in [6, 6.07) is 13.6. The van der Waals surface area contributed by atoms with Crippen LogP contribution in [0.1, 0.15) is 31.9 Å². The van der Waals surface area contributed by atoms with Crippen molar-refractivity contribution in [1.82, 2.24) is 0 Å². The Morgan fingerprint density at radius 1 is 0.920 bits per heavy atom. The first kappa shape index (κ1) is 15.7. The molecule has 0 atom stereocenters. The normalized spacial score (nSPS) is 12.2. The molecule has 4 rings (SSSR count). The SMILES string of the molecule is Cc1c2oc(=O)cc(-c3ccccc3)c2cc2c(C(C)(C)C)coc12. The van der Waals surface area contributed by atoms with Crippen LogP contribution in [0.15, 0.2) is 62.4 Å². The van der Waals surface area contributed by atoms with Crippen LogP contribution in [-0.4, -0.2) is 0 Å². The molecule has 4 aromatic rings. The summed E-state index contributed by atoms with van der Waals surface area (Å²) in [5.74, 6) is 0. The highest BCUT2D eigenvalue weighted by Crippen LogP contribution is 2.38. The van der Waals surface area contributed by atoms with Crippen LogP contribution >= 0.6 is 0 Å². The Kier molecular flexibility index (Phi) is 3.36. The molecule has 2 heterocycles. The second-order valence-electron chi connectivity index (χ2n) is 7.50. The predicted molar refractivity (Wildman–Crippen MR) is 101 cm³/mol. The first-order valence-electron chi connectivity index (χ1n) is 8.41. The molecule has 0 radical (unpaired) electrons. The van der Waals surface area contributed by atoms with Gasteiger partial charge in [0.2, 0.25) is 0 Å². The van der Waals surface area contributed by atoms with Gasteiger partial charge >= 0.3 is 5.63 Å². The van der Waals surface area contributed by atoms with Gasteiger partial charge in [-0.05, 0) is 29.5 Å². The average Bonchev–Trinajstić information content (AvgIpc) is 3.00. The highest BCUT2D eigenvalue weighted by Gasteiger charge is 2.23. The largest absolute Gasteiger partial charge is 0.464 e. The summed E-state index contributed by atoms with van der Waals surface area (Å²) in [5.41, 5.74) is 4.89. The molecule has 3 nitrogen and oxygen atoms in total. The summed E-state index contributed by atoms with van der Waals surface area (Å²) < 4.78 is 11.4. The molecule has 0 saturated heterocycles. The van der Waals surface area contributed by atoms with Crippen LogP contribution in [-0.2, 0) is 5.41 Å². The zero-order valence-electron chi connectivity index (χ0n) is 14.8. The van der Waals surface area contributed by atoms with Crippen molar-refractivity contribution in [3.63, 3.8) is 0 Å². The van der Waals surface area contributed by atoms with Gasteiger partial charge in [0.05, 0.1) is 6.26 Å². The van der Waals surface area contributed by atoms with Crippen LogP contribution in [0.3, 0.4) is 0 Å². The molecular weight excluding hydrogens is 312 g/mol. The highest BCUT2D eigenvalue weighted by atomic mass is 16.4. The zero-order valence-corrected chi connectivity index (χ0v) is 14.8. The molecule has 0 aliphatic carbocycles. The molecule has 0 saturated carbocycles. The van der Waals surface area contributed by atoms with Gasteiger partial charge in [-0.1, -0.05) is 51.1 Å². The summed E-state index contributed by atoms with van der Waals surface area (Å²) in [4.78, 5) is 12.1. The third kappa shape index (κ3) is 2.47. The van der Waals surface area contributed by atoms with Crippen molar-refractivity contribution in [1.29, 1.82) is 0 Å². The van der Waals surface area contributed by atoms with Crippen molar-refractivity contribution in [2.75, 3.05) is 0 Å². The maximum Gasteiger partial charge on any atom is 0.336 e. The molecule has 126 valence electrons. The molecule has 25 heavy (non-hydrogen) atoms. The van der Waals surface area contributed by atoms with E-state index in [1.165, 1.54) is 0 Å². The van der Waals surface area contributed by atoms with E-state index >= 15 is 0 Å². The third-order valence-corrected chi connectivity index (χ3v) is 4.69. The van der Waals surface area contributed by atoms with Crippen LogP contribution in [0.4, 0.5) is 0 Å². The Balaban J connectivity index is 2.17. The lowest BCUT2D eigenvalue weighted by Gasteiger charge is -2.17. The smallest absolute Gasteiger partial charge is 0.336 e. The van der Waals surface area contributed by atoms with E-state index < -0.39 is 0 Å². The van der Waals surface area contributed by atoms with Crippen molar-refractivity contribution >= 4 is 21.9 Å². The fraction of sp³-hybridized carbons (Fsp3) is 0.227. The second kappa shape index (κ2) is 5.35. The quantitative estimate of drug-likeness (QED) is 0.413. The Morgan fingerprint density at radius 3 is 2.32 bits per heavy atom. The van der Waals surface area contributed by atoms with Crippen molar-refractivity contribution in [3.8, 4) is 11.1 Å². The summed E-state index contributed by atoms with van der Waals surface area (Å²) in [6.45, 7) is 8.44. The molecule has 0 bridgehead atoms. The topological polar surface area (TPSA) is 43.4 Å². The van der Waals surface area contributed by atoms with E-state index in [2.05, 4.69) is 26.8 Å². The van der Waals surface area contributed by atoms with E-state index in [0.29, 0.717) is 5.58 Å². The molecule has 0 spiro atoms. The van der Waals surface area contributed by atoms with Crippen LogP contribution < -0.4 is 5.63 Å². The van der Waals surface area contributed by atoms with E-state index in [0.717, 1.165) is 38.6 Å². The Labute approximate surface area is 145 Å². The van der Waals surface area contributed by atoms with E-state index in [-0.39, 0.29) is 11.0 Å². The maximum absolute atomic E-state index is 12.1. The van der Waals surface area contributed by atoms with Gasteiger partial charge in [-0.25, -0.2) is 4.79 Å². The lowest BCUT2D eigenvalue weighted by atomic mass is 9.86. The van der Waals surface area contributed by atoms with Crippen LogP contribution in [0.5, 0.6) is 0 Å². The van der Waals surface area contributed by atoms with E-state index in [1.807, 2.05) is 43.5 Å². The van der Waals surface area contributed by atoms with Gasteiger partial charge in [0, 0.05) is 28.0 Å². The first-order chi connectivity index (χ1) is 11.9. The predicted octanol–water partition coefficient (Wildman–Crippen LogP) is 5.81. The van der Waals surface area contributed by atoms with Crippen molar-refractivity contribution in [2.45, 2.75) is 33.1 Å². The van der Waals surface area contributed by atoms with Crippen LogP contribution in [0.2, 0.25) is 0 Å². The van der Waals surface area contributed by atoms with E-state index in [1.54, 1.807) is 6.07 Å². The number of rotatable bonds is 1. The minimum atomic E-state index is -0.351. The molecule has 0 aliphatic heterocycles. The molecule has 2 aromatic heterocycles. The van der Waals surface area contributed by atoms with E-state index in [4.69, 9.17) is 8.83 Å². The molecule has 0 amide bonds. The molecule has 0 aliphatic rings. The van der Waals surface area contributed by atoms with Crippen molar-refractivity contribution < 1.29 is 8.83 Å². The lowest BCUT2D eigenvalue weighted by molar-refractivity contribution is 0.550. The third-order valence-electron chi connectivity index (χ3n) is 4.69. The number of fused-ring (bicyclic) bond motifs is 2. The standard InChI is InChI=1S/C22H20O3/c1-13-20-17(18(12-24-20)22(2,3)4)10-16-15(11-19(23)25-21(13)16)14-8-6-5-7-9-14/h5-12H,1-4H3. The summed E-state index contributed by atoms with van der Waals surface area (Å²) in [7, 11) is 0. The number of furan rings is 1. The zero-order chi connectivity index (χ0) is 17.8. The monoisotopic (exact) mass is 332 g/mol. The Hall–Kier alpha value is -2.81. The van der Waals surface area contributed by atoms with Gasteiger partial charge in [0.1, 0.15) is 11.2 Å². The van der Waals surface area contributed by atoms with Crippen LogP contribution in [0.25, 0.3) is 33.1 Å². The van der Waals surface area contributed by atoms with Gasteiger partial charge < -0.3 is 8.83 Å².